The van der Waals surface area contributed by atoms with Crippen LogP contribution in [0.5, 0.6) is 0 Å². The molecular weight excluding hydrogens is 431 g/mol. The lowest BCUT2D eigenvalue weighted by atomic mass is 9.90. The molecule has 0 spiro atoms. The summed E-state index contributed by atoms with van der Waals surface area (Å²) in [5.74, 6) is -1.68. The number of fused-ring (bicyclic) bond motifs is 1. The van der Waals surface area contributed by atoms with E-state index < -0.39 is 11.7 Å². The predicted molar refractivity (Wildman–Crippen MR) is 132 cm³/mol. The van der Waals surface area contributed by atoms with E-state index in [2.05, 4.69) is 10.2 Å². The Kier molecular flexibility index (Phi) is 6.84. The molecule has 174 valence electrons. The maximum Gasteiger partial charge on any atom is 0.238 e. The molecular formula is C27H27FN4O2. The third-order valence-corrected chi connectivity index (χ3v) is 5.71. The number of hydrogen-bond acceptors (Lipinski definition) is 4. The molecule has 4 rings (SSSR count). The van der Waals surface area contributed by atoms with Crippen LogP contribution in [0.4, 0.5) is 15.8 Å². The van der Waals surface area contributed by atoms with E-state index in [1.54, 1.807) is 6.07 Å². The minimum absolute atomic E-state index is 0.249. The van der Waals surface area contributed by atoms with Crippen LogP contribution in [0, 0.1) is 5.82 Å². The summed E-state index contributed by atoms with van der Waals surface area (Å²) in [7, 11) is 4.02. The third kappa shape index (κ3) is 5.38. The van der Waals surface area contributed by atoms with E-state index in [1.807, 2.05) is 62.6 Å². The smallest absolute Gasteiger partial charge is 0.238 e. The number of nitrogens with zero attached hydrogens (tertiary/aromatic N) is 2. The maximum absolute atomic E-state index is 13.8. The van der Waals surface area contributed by atoms with Gasteiger partial charge in [-0.2, -0.15) is 0 Å². The predicted octanol–water partition coefficient (Wildman–Crippen LogP) is 4.16. The third-order valence-electron chi connectivity index (χ3n) is 5.71. The first-order valence-corrected chi connectivity index (χ1v) is 11.1. The molecule has 1 unspecified atom stereocenters. The molecule has 0 radical (unpaired) electrons. The number of nitrogens with two attached hydrogens (primary N) is 1. The van der Waals surface area contributed by atoms with Crippen LogP contribution >= 0.6 is 0 Å². The van der Waals surface area contributed by atoms with E-state index in [-0.39, 0.29) is 18.2 Å². The number of carbonyl (C=O) groups excluding carboxylic acids is 2. The highest BCUT2D eigenvalue weighted by Crippen LogP contribution is 2.36. The van der Waals surface area contributed by atoms with Gasteiger partial charge in [0.05, 0.1) is 11.4 Å². The van der Waals surface area contributed by atoms with Crippen molar-refractivity contribution >= 4 is 28.9 Å². The van der Waals surface area contributed by atoms with Crippen molar-refractivity contribution in [2.24, 2.45) is 10.7 Å². The molecule has 0 aromatic heterocycles. The number of anilines is 1. The summed E-state index contributed by atoms with van der Waals surface area (Å²) in [5, 5.41) is 2.78. The number of amides is 2. The van der Waals surface area contributed by atoms with Gasteiger partial charge in [-0.15, -0.1) is 0 Å². The van der Waals surface area contributed by atoms with E-state index in [0.29, 0.717) is 23.4 Å². The van der Waals surface area contributed by atoms with Crippen molar-refractivity contribution < 1.29 is 14.0 Å². The molecule has 34 heavy (non-hydrogen) atoms. The second kappa shape index (κ2) is 9.97. The Morgan fingerprint density at radius 3 is 2.35 bits per heavy atom. The molecule has 7 heteroatoms. The van der Waals surface area contributed by atoms with Crippen LogP contribution < -0.4 is 11.1 Å². The normalized spacial score (nSPS) is 15.4. The molecule has 1 heterocycles. The number of rotatable bonds is 8. The molecule has 3 N–H and O–H groups in total. The molecule has 0 fully saturated rings. The van der Waals surface area contributed by atoms with Gasteiger partial charge in [0, 0.05) is 18.7 Å². The van der Waals surface area contributed by atoms with Gasteiger partial charge in [0.1, 0.15) is 11.7 Å². The molecule has 0 saturated carbocycles. The minimum atomic E-state index is -0.673. The summed E-state index contributed by atoms with van der Waals surface area (Å²) in [6.07, 6.45) is 0.811. The second-order valence-electron chi connectivity index (χ2n) is 8.72. The second-order valence-corrected chi connectivity index (χ2v) is 8.72. The zero-order valence-corrected chi connectivity index (χ0v) is 19.2. The minimum Gasteiger partial charge on any atom is -0.370 e. The number of nitrogens with one attached hydrogen (secondary N) is 1. The van der Waals surface area contributed by atoms with Crippen LogP contribution in [0.15, 0.2) is 71.7 Å². The molecule has 6 nitrogen and oxygen atoms in total. The molecule has 1 atom stereocenters. The largest absolute Gasteiger partial charge is 0.370 e. The van der Waals surface area contributed by atoms with Gasteiger partial charge in [-0.25, -0.2) is 4.39 Å². The lowest BCUT2D eigenvalue weighted by molar-refractivity contribution is -0.118. The zero-order valence-electron chi connectivity index (χ0n) is 19.2. The van der Waals surface area contributed by atoms with Crippen molar-refractivity contribution in [3.8, 4) is 0 Å². The van der Waals surface area contributed by atoms with Gasteiger partial charge in [0.15, 0.2) is 0 Å². The van der Waals surface area contributed by atoms with Gasteiger partial charge in [-0.3, -0.25) is 14.6 Å². The number of halogens is 1. The first-order chi connectivity index (χ1) is 16.3. The molecule has 2 amide bonds. The van der Waals surface area contributed by atoms with Gasteiger partial charge >= 0.3 is 0 Å². The molecule has 0 saturated heterocycles. The SMILES string of the molecule is CN(C)Cc1ccc(N=C(c2ccc(CCC(N)=O)cc2)C2C(=O)Nc3cc(F)ccc32)cc1. The van der Waals surface area contributed by atoms with Gasteiger partial charge in [-0.05, 0) is 67.0 Å². The number of benzene rings is 3. The molecule has 1 aliphatic heterocycles. The van der Waals surface area contributed by atoms with E-state index in [4.69, 9.17) is 10.7 Å². The summed E-state index contributed by atoms with van der Waals surface area (Å²) in [4.78, 5) is 31.1. The maximum atomic E-state index is 13.8. The number of hydrogen-bond donors (Lipinski definition) is 2. The molecule has 0 aliphatic carbocycles. The number of primary amides is 1. The highest BCUT2D eigenvalue weighted by molar-refractivity contribution is 6.24. The number of aliphatic imine (C=N–C) groups is 1. The van der Waals surface area contributed by atoms with Crippen LogP contribution in [0.1, 0.15) is 34.6 Å². The first-order valence-electron chi connectivity index (χ1n) is 11.1. The van der Waals surface area contributed by atoms with E-state index in [0.717, 1.165) is 28.9 Å². The highest BCUT2D eigenvalue weighted by Gasteiger charge is 2.35. The van der Waals surface area contributed by atoms with Crippen molar-refractivity contribution in [2.75, 3.05) is 19.4 Å². The molecule has 3 aromatic rings. The van der Waals surface area contributed by atoms with Crippen molar-refractivity contribution in [1.29, 1.82) is 0 Å². The Balaban J connectivity index is 1.74. The monoisotopic (exact) mass is 458 g/mol. The first kappa shape index (κ1) is 23.3. The number of carbonyl (C=O) groups is 2. The van der Waals surface area contributed by atoms with Gasteiger partial charge in [0.25, 0.3) is 0 Å². The molecule has 1 aliphatic rings. The van der Waals surface area contributed by atoms with Crippen molar-refractivity contribution in [3.63, 3.8) is 0 Å². The average molecular weight is 459 g/mol. The van der Waals surface area contributed by atoms with Crippen LogP contribution in [-0.2, 0) is 22.6 Å². The quantitative estimate of drug-likeness (QED) is 0.497. The van der Waals surface area contributed by atoms with Gasteiger partial charge < -0.3 is 16.0 Å². The van der Waals surface area contributed by atoms with Gasteiger partial charge in [-0.1, -0.05) is 42.5 Å². The Hall–Kier alpha value is -3.84. The summed E-state index contributed by atoms with van der Waals surface area (Å²) in [6.45, 7) is 0.813. The summed E-state index contributed by atoms with van der Waals surface area (Å²) in [5.41, 5.74) is 10.6. The van der Waals surface area contributed by atoms with Crippen molar-refractivity contribution in [2.45, 2.75) is 25.3 Å². The van der Waals surface area contributed by atoms with Crippen LogP contribution in [0.3, 0.4) is 0 Å². The fourth-order valence-electron chi connectivity index (χ4n) is 4.09. The van der Waals surface area contributed by atoms with E-state index in [1.165, 1.54) is 12.1 Å². The topological polar surface area (TPSA) is 87.8 Å². The summed E-state index contributed by atoms with van der Waals surface area (Å²) >= 11 is 0. The summed E-state index contributed by atoms with van der Waals surface area (Å²) in [6, 6.07) is 19.8. The van der Waals surface area contributed by atoms with Crippen LogP contribution in [0.25, 0.3) is 0 Å². The molecule has 3 aromatic carbocycles. The summed E-state index contributed by atoms with van der Waals surface area (Å²) < 4.78 is 13.8. The van der Waals surface area contributed by atoms with Crippen LogP contribution in [-0.4, -0.2) is 36.5 Å². The van der Waals surface area contributed by atoms with E-state index >= 15 is 0 Å². The standard InChI is InChI=1S/C27H27FN4O2/c1-32(2)16-18-5-11-21(12-6-18)30-26(19-8-3-17(4-9-19)7-14-24(29)33)25-22-13-10-20(28)15-23(22)31-27(25)34/h3-6,8-13,15,25H,7,14,16H2,1-2H3,(H2,29,33)(H,31,34). The zero-order chi connectivity index (χ0) is 24.2. The number of aryl methyl sites for hydroxylation is 1. The fourth-order valence-corrected chi connectivity index (χ4v) is 4.09. The Bertz CT molecular complexity index is 1230. The Morgan fingerprint density at radius 1 is 1.03 bits per heavy atom. The Labute approximate surface area is 198 Å². The molecule has 0 bridgehead atoms. The van der Waals surface area contributed by atoms with E-state index in [9.17, 15) is 14.0 Å². The van der Waals surface area contributed by atoms with Crippen molar-refractivity contribution in [3.05, 3.63) is 94.8 Å². The van der Waals surface area contributed by atoms with Crippen molar-refractivity contribution in [1.82, 2.24) is 4.90 Å². The highest BCUT2D eigenvalue weighted by atomic mass is 19.1. The van der Waals surface area contributed by atoms with Crippen LogP contribution in [0.2, 0.25) is 0 Å². The Morgan fingerprint density at radius 2 is 1.71 bits per heavy atom. The average Bonchev–Trinajstić information content (AvgIpc) is 3.11. The lowest BCUT2D eigenvalue weighted by Gasteiger charge is -2.15. The fraction of sp³-hybridized carbons (Fsp3) is 0.222. The van der Waals surface area contributed by atoms with Gasteiger partial charge in [0.2, 0.25) is 11.8 Å². The lowest BCUT2D eigenvalue weighted by Crippen LogP contribution is -2.22.